The second-order valence-electron chi connectivity index (χ2n) is 2.38. The van der Waals surface area contributed by atoms with Crippen molar-refractivity contribution in [3.63, 3.8) is 0 Å². The Balaban J connectivity index is 0.00000121. The highest BCUT2D eigenvalue weighted by Crippen LogP contribution is 2.10. The lowest BCUT2D eigenvalue weighted by Gasteiger charge is -2.06. The molecular weight excluding hydrogens is 192 g/mol. The van der Waals surface area contributed by atoms with E-state index in [0.717, 1.165) is 5.69 Å². The molecule has 0 spiro atoms. The zero-order chi connectivity index (χ0) is 8.27. The second kappa shape index (κ2) is 5.06. The molecule has 2 nitrogen and oxygen atoms in total. The maximum atomic E-state index is 5.46. The summed E-state index contributed by atoms with van der Waals surface area (Å²) in [6.07, 6.45) is 1.74. The molecule has 4 heteroatoms. The molecule has 66 valence electrons. The number of hydrogen-bond donors (Lipinski definition) is 1. The fraction of sp³-hybridized carbons (Fsp3) is 0.250. The van der Waals surface area contributed by atoms with E-state index in [2.05, 4.69) is 4.98 Å². The Morgan fingerprint density at radius 3 is 2.67 bits per heavy atom. The van der Waals surface area contributed by atoms with Gasteiger partial charge in [0.05, 0.1) is 4.99 Å². The molecule has 1 atom stereocenters. The molecule has 1 aromatic rings. The van der Waals surface area contributed by atoms with Crippen molar-refractivity contribution in [2.75, 3.05) is 0 Å². The van der Waals surface area contributed by atoms with Gasteiger partial charge in [0.15, 0.2) is 0 Å². The largest absolute Gasteiger partial charge is 0.393 e. The summed E-state index contributed by atoms with van der Waals surface area (Å²) in [4.78, 5) is 4.62. The number of nitrogens with zero attached hydrogens (tertiary/aromatic N) is 1. The van der Waals surface area contributed by atoms with Crippen molar-refractivity contribution in [1.82, 2.24) is 4.98 Å². The van der Waals surface area contributed by atoms with Crippen molar-refractivity contribution in [3.05, 3.63) is 30.1 Å². The highest BCUT2D eigenvalue weighted by molar-refractivity contribution is 7.80. The molecule has 1 rings (SSSR count). The van der Waals surface area contributed by atoms with Gasteiger partial charge in [-0.2, -0.15) is 0 Å². The van der Waals surface area contributed by atoms with Gasteiger partial charge in [-0.05, 0) is 12.1 Å². The molecule has 0 fully saturated rings. The van der Waals surface area contributed by atoms with E-state index < -0.39 is 0 Å². The quantitative estimate of drug-likeness (QED) is 0.745. The zero-order valence-electron chi connectivity index (χ0n) is 6.73. The number of aromatic nitrogens is 1. The van der Waals surface area contributed by atoms with Gasteiger partial charge in [0.25, 0.3) is 0 Å². The van der Waals surface area contributed by atoms with Crippen LogP contribution in [0.4, 0.5) is 0 Å². The number of halogens is 1. The van der Waals surface area contributed by atoms with Crippen LogP contribution in [0.1, 0.15) is 18.5 Å². The van der Waals surface area contributed by atoms with Crippen LogP contribution in [0, 0.1) is 0 Å². The summed E-state index contributed by atoms with van der Waals surface area (Å²) in [5, 5.41) is 0. The van der Waals surface area contributed by atoms with Gasteiger partial charge < -0.3 is 5.73 Å². The minimum Gasteiger partial charge on any atom is -0.393 e. The van der Waals surface area contributed by atoms with Gasteiger partial charge in [-0.3, -0.25) is 4.98 Å². The van der Waals surface area contributed by atoms with E-state index >= 15 is 0 Å². The molecule has 1 heterocycles. The third kappa shape index (κ3) is 2.75. The van der Waals surface area contributed by atoms with Crippen LogP contribution >= 0.6 is 24.6 Å². The minimum atomic E-state index is 0. The summed E-state index contributed by atoms with van der Waals surface area (Å²) in [6.45, 7) is 1.95. The van der Waals surface area contributed by atoms with Crippen molar-refractivity contribution in [2.24, 2.45) is 5.73 Å². The average Bonchev–Trinajstić information content (AvgIpc) is 2.05. The first kappa shape index (κ1) is 11.3. The maximum Gasteiger partial charge on any atom is 0.0816 e. The molecule has 0 aliphatic carbocycles. The lowest BCUT2D eigenvalue weighted by molar-refractivity contribution is 0.954. The number of thiocarbonyl (C=S) groups is 1. The van der Waals surface area contributed by atoms with Crippen LogP contribution in [-0.2, 0) is 0 Å². The molecule has 0 saturated carbocycles. The third-order valence-corrected chi connectivity index (χ3v) is 1.91. The topological polar surface area (TPSA) is 38.9 Å². The second-order valence-corrected chi connectivity index (χ2v) is 2.85. The number of rotatable bonds is 2. The fourth-order valence-corrected chi connectivity index (χ4v) is 0.899. The highest BCUT2D eigenvalue weighted by Gasteiger charge is 2.07. The number of pyridine rings is 1. The molecule has 0 aliphatic heterocycles. The molecule has 0 radical (unpaired) electrons. The Labute approximate surface area is 83.6 Å². The first-order valence-corrected chi connectivity index (χ1v) is 3.83. The standard InChI is InChI=1S/C8H10N2S.ClH/c1-6(8(9)11)7-4-2-3-5-10-7;/h2-6H,1H3,(H2,9,11);1H. The van der Waals surface area contributed by atoms with Gasteiger partial charge in [-0.1, -0.05) is 25.2 Å². The van der Waals surface area contributed by atoms with Crippen molar-refractivity contribution in [3.8, 4) is 0 Å². The first-order chi connectivity index (χ1) is 5.22. The van der Waals surface area contributed by atoms with Gasteiger partial charge in [-0.25, -0.2) is 0 Å². The van der Waals surface area contributed by atoms with Gasteiger partial charge >= 0.3 is 0 Å². The van der Waals surface area contributed by atoms with Gasteiger partial charge in [0, 0.05) is 17.8 Å². The predicted octanol–water partition coefficient (Wildman–Crippen LogP) is 1.89. The molecule has 12 heavy (non-hydrogen) atoms. The SMILES string of the molecule is CC(C(N)=S)c1ccccn1.Cl. The lowest BCUT2D eigenvalue weighted by atomic mass is 10.1. The molecule has 0 aromatic carbocycles. The summed E-state index contributed by atoms with van der Waals surface area (Å²) in [5.41, 5.74) is 6.39. The lowest BCUT2D eigenvalue weighted by Crippen LogP contribution is -2.17. The van der Waals surface area contributed by atoms with Crippen molar-refractivity contribution < 1.29 is 0 Å². The Bertz CT molecular complexity index is 250. The summed E-state index contributed by atoms with van der Waals surface area (Å²) in [5.74, 6) is 0.0752. The fourth-order valence-electron chi connectivity index (χ4n) is 0.778. The molecule has 1 aromatic heterocycles. The Morgan fingerprint density at radius 1 is 1.58 bits per heavy atom. The average molecular weight is 203 g/mol. The highest BCUT2D eigenvalue weighted by atomic mass is 35.5. The minimum absolute atomic E-state index is 0. The van der Waals surface area contributed by atoms with E-state index in [4.69, 9.17) is 18.0 Å². The van der Waals surface area contributed by atoms with Crippen LogP contribution in [0.2, 0.25) is 0 Å². The van der Waals surface area contributed by atoms with Crippen molar-refractivity contribution in [1.29, 1.82) is 0 Å². The van der Waals surface area contributed by atoms with Crippen LogP contribution in [0.15, 0.2) is 24.4 Å². The van der Waals surface area contributed by atoms with E-state index in [1.54, 1.807) is 6.20 Å². The summed E-state index contributed by atoms with van der Waals surface area (Å²) in [7, 11) is 0. The summed E-state index contributed by atoms with van der Waals surface area (Å²) < 4.78 is 0. The normalized spacial score (nSPS) is 11.4. The van der Waals surface area contributed by atoms with Crippen molar-refractivity contribution >= 4 is 29.6 Å². The first-order valence-electron chi connectivity index (χ1n) is 3.42. The molecule has 2 N–H and O–H groups in total. The van der Waals surface area contributed by atoms with Gasteiger partial charge in [0.1, 0.15) is 0 Å². The maximum absolute atomic E-state index is 5.46. The van der Waals surface area contributed by atoms with Crippen LogP contribution < -0.4 is 5.73 Å². The molecule has 0 bridgehead atoms. The van der Waals surface area contributed by atoms with E-state index in [1.165, 1.54) is 0 Å². The number of hydrogen-bond acceptors (Lipinski definition) is 2. The van der Waals surface area contributed by atoms with Crippen LogP contribution in [-0.4, -0.2) is 9.97 Å². The Kier molecular flexibility index (Phi) is 4.78. The van der Waals surface area contributed by atoms with Crippen LogP contribution in [0.5, 0.6) is 0 Å². The molecule has 0 saturated heterocycles. The Hall–Kier alpha value is -0.670. The molecule has 1 unspecified atom stereocenters. The molecule has 0 aliphatic rings. The monoisotopic (exact) mass is 202 g/mol. The Morgan fingerprint density at radius 2 is 2.25 bits per heavy atom. The summed E-state index contributed by atoms with van der Waals surface area (Å²) >= 11 is 4.84. The van der Waals surface area contributed by atoms with E-state index in [9.17, 15) is 0 Å². The van der Waals surface area contributed by atoms with Crippen LogP contribution in [0.3, 0.4) is 0 Å². The van der Waals surface area contributed by atoms with Gasteiger partial charge in [-0.15, -0.1) is 12.4 Å². The van der Waals surface area contributed by atoms with Crippen LogP contribution in [0.25, 0.3) is 0 Å². The van der Waals surface area contributed by atoms with Gasteiger partial charge in [0.2, 0.25) is 0 Å². The van der Waals surface area contributed by atoms with E-state index in [0.29, 0.717) is 4.99 Å². The zero-order valence-corrected chi connectivity index (χ0v) is 8.36. The van der Waals surface area contributed by atoms with Crippen molar-refractivity contribution in [2.45, 2.75) is 12.8 Å². The smallest absolute Gasteiger partial charge is 0.0816 e. The third-order valence-electron chi connectivity index (χ3n) is 1.56. The van der Waals surface area contributed by atoms with E-state index in [1.807, 2.05) is 25.1 Å². The molecule has 0 amide bonds. The molecular formula is C8H11ClN2S. The number of nitrogens with two attached hydrogens (primary N) is 1. The predicted molar refractivity (Wildman–Crippen MR) is 56.7 cm³/mol. The summed E-state index contributed by atoms with van der Waals surface area (Å²) in [6, 6.07) is 5.72. The van der Waals surface area contributed by atoms with E-state index in [-0.39, 0.29) is 18.3 Å².